The fourth-order valence-corrected chi connectivity index (χ4v) is 1.57. The number of hydrogen-bond acceptors (Lipinski definition) is 4. The highest BCUT2D eigenvalue weighted by Crippen LogP contribution is 2.24. The zero-order valence-electron chi connectivity index (χ0n) is 9.58. The molecule has 19 heavy (non-hydrogen) atoms. The van der Waals surface area contributed by atoms with Gasteiger partial charge in [-0.2, -0.15) is 5.10 Å². The van der Waals surface area contributed by atoms with E-state index in [0.717, 1.165) is 5.01 Å². The summed E-state index contributed by atoms with van der Waals surface area (Å²) in [7, 11) is 0. The maximum atomic E-state index is 10.6. The van der Waals surface area contributed by atoms with Crippen molar-refractivity contribution >= 4 is 41.4 Å². The Morgan fingerprint density at radius 1 is 1.21 bits per heavy atom. The van der Waals surface area contributed by atoms with E-state index >= 15 is 0 Å². The third-order valence-electron chi connectivity index (χ3n) is 1.98. The highest BCUT2D eigenvalue weighted by molar-refractivity contribution is 6.43. The molecule has 0 aliphatic carbocycles. The van der Waals surface area contributed by atoms with Gasteiger partial charge in [-0.1, -0.05) is 35.3 Å². The van der Waals surface area contributed by atoms with Crippen molar-refractivity contribution in [2.75, 3.05) is 13.1 Å². The van der Waals surface area contributed by atoms with Gasteiger partial charge in [0.25, 0.3) is 0 Å². The van der Waals surface area contributed by atoms with Gasteiger partial charge >= 0.3 is 11.9 Å². The molecule has 0 unspecified atom stereocenters. The van der Waals surface area contributed by atoms with Gasteiger partial charge in [-0.25, -0.2) is 0 Å². The average Bonchev–Trinajstić information content (AvgIpc) is 2.29. The summed E-state index contributed by atoms with van der Waals surface area (Å²) in [5.74, 6) is -2.37. The lowest BCUT2D eigenvalue weighted by molar-refractivity contribution is -0.141. The van der Waals surface area contributed by atoms with Gasteiger partial charge < -0.3 is 10.2 Å². The minimum atomic E-state index is -1.18. The van der Waals surface area contributed by atoms with Gasteiger partial charge in [-0.15, -0.1) is 0 Å². The molecule has 1 aromatic carbocycles. The first-order chi connectivity index (χ1) is 8.90. The van der Waals surface area contributed by atoms with Gasteiger partial charge in [0.15, 0.2) is 0 Å². The number of carboxylic acids is 2. The lowest BCUT2D eigenvalue weighted by atomic mass is 10.2. The summed E-state index contributed by atoms with van der Waals surface area (Å²) in [5, 5.41) is 22.5. The normalized spacial score (nSPS) is 10.6. The number of hydrogen-bond donors (Lipinski definition) is 2. The Kier molecular flexibility index (Phi) is 5.59. The summed E-state index contributed by atoms with van der Waals surface area (Å²) in [6.07, 6.45) is 1.26. The Balaban J connectivity index is 2.88. The van der Waals surface area contributed by atoms with Gasteiger partial charge in [0.1, 0.15) is 13.1 Å². The van der Waals surface area contributed by atoms with Crippen molar-refractivity contribution in [1.29, 1.82) is 0 Å². The second kappa shape index (κ2) is 6.96. The summed E-state index contributed by atoms with van der Waals surface area (Å²) in [6, 6.07) is 4.86. The van der Waals surface area contributed by atoms with Crippen LogP contribution in [0, 0.1) is 0 Å². The number of benzene rings is 1. The maximum absolute atomic E-state index is 10.6. The SMILES string of the molecule is O=C(O)CN(CC(=O)O)/N=C\c1cccc(Cl)c1Cl. The number of carbonyl (C=O) groups is 2. The molecule has 0 bridgehead atoms. The first kappa shape index (κ1) is 15.3. The number of nitrogens with zero attached hydrogens (tertiary/aromatic N) is 2. The first-order valence-corrected chi connectivity index (χ1v) is 5.82. The van der Waals surface area contributed by atoms with Crippen LogP contribution in [0.4, 0.5) is 0 Å². The monoisotopic (exact) mass is 304 g/mol. The van der Waals surface area contributed by atoms with Crippen LogP contribution in [0.2, 0.25) is 10.0 Å². The number of aliphatic carboxylic acids is 2. The van der Waals surface area contributed by atoms with Gasteiger partial charge in [0.2, 0.25) is 0 Å². The van der Waals surface area contributed by atoms with Crippen molar-refractivity contribution in [2.24, 2.45) is 5.10 Å². The van der Waals surface area contributed by atoms with E-state index in [0.29, 0.717) is 10.6 Å². The lowest BCUT2D eigenvalue weighted by Crippen LogP contribution is -2.30. The molecule has 0 aromatic heterocycles. The average molecular weight is 305 g/mol. The Morgan fingerprint density at radius 2 is 1.79 bits per heavy atom. The van der Waals surface area contributed by atoms with Crippen molar-refractivity contribution in [3.63, 3.8) is 0 Å². The minimum absolute atomic E-state index is 0.263. The number of hydrazone groups is 1. The standard InChI is InChI=1S/C11H10Cl2N2O4/c12-8-3-1-2-7(11(8)13)4-14-15(5-9(16)17)6-10(18)19/h1-4H,5-6H2,(H,16,17)(H,18,19)/b14-4-. The predicted octanol–water partition coefficient (Wildman–Crippen LogP) is 1.80. The Morgan fingerprint density at radius 3 is 2.32 bits per heavy atom. The molecule has 6 nitrogen and oxygen atoms in total. The lowest BCUT2D eigenvalue weighted by Gasteiger charge is -2.13. The summed E-state index contributed by atoms with van der Waals surface area (Å²) < 4.78 is 0. The van der Waals surface area contributed by atoms with E-state index in [1.165, 1.54) is 6.21 Å². The number of carboxylic acid groups (broad SMARTS) is 2. The quantitative estimate of drug-likeness (QED) is 0.618. The molecule has 0 heterocycles. The Hall–Kier alpha value is -1.79. The van der Waals surface area contributed by atoms with Gasteiger partial charge in [-0.05, 0) is 6.07 Å². The molecule has 2 N–H and O–H groups in total. The van der Waals surface area contributed by atoms with E-state index in [9.17, 15) is 9.59 Å². The zero-order valence-corrected chi connectivity index (χ0v) is 11.1. The maximum Gasteiger partial charge on any atom is 0.324 e. The first-order valence-electron chi connectivity index (χ1n) is 5.06. The van der Waals surface area contributed by atoms with Crippen LogP contribution in [0.3, 0.4) is 0 Å². The van der Waals surface area contributed by atoms with Crippen LogP contribution in [0.15, 0.2) is 23.3 Å². The van der Waals surface area contributed by atoms with Gasteiger partial charge in [0, 0.05) is 5.56 Å². The molecular formula is C11H10Cl2N2O4. The highest BCUT2D eigenvalue weighted by Gasteiger charge is 2.11. The fourth-order valence-electron chi connectivity index (χ4n) is 1.21. The molecule has 0 spiro atoms. The van der Waals surface area contributed by atoms with E-state index in [4.69, 9.17) is 33.4 Å². The second-order valence-electron chi connectivity index (χ2n) is 3.50. The van der Waals surface area contributed by atoms with Crippen molar-refractivity contribution in [3.8, 4) is 0 Å². The van der Waals surface area contributed by atoms with E-state index < -0.39 is 25.0 Å². The Labute approximate surface area is 118 Å². The van der Waals surface area contributed by atoms with Crippen LogP contribution >= 0.6 is 23.2 Å². The van der Waals surface area contributed by atoms with Crippen molar-refractivity contribution < 1.29 is 19.8 Å². The summed E-state index contributed by atoms with van der Waals surface area (Å²) in [6.45, 7) is -1.05. The molecule has 102 valence electrons. The molecule has 8 heteroatoms. The van der Waals surface area contributed by atoms with Gasteiger partial charge in [-0.3, -0.25) is 14.6 Å². The van der Waals surface area contributed by atoms with Crippen molar-refractivity contribution in [3.05, 3.63) is 33.8 Å². The molecule has 1 rings (SSSR count). The van der Waals surface area contributed by atoms with E-state index in [1.807, 2.05) is 0 Å². The molecule has 0 atom stereocenters. The summed E-state index contributed by atoms with van der Waals surface area (Å²) in [4.78, 5) is 21.1. The number of rotatable bonds is 6. The summed E-state index contributed by atoms with van der Waals surface area (Å²) in [5.41, 5.74) is 0.468. The van der Waals surface area contributed by atoms with Crippen LogP contribution in [0.1, 0.15) is 5.56 Å². The van der Waals surface area contributed by atoms with Crippen molar-refractivity contribution in [2.45, 2.75) is 0 Å². The molecule has 0 saturated carbocycles. The second-order valence-corrected chi connectivity index (χ2v) is 4.28. The molecule has 0 saturated heterocycles. The van der Waals surface area contributed by atoms with Crippen molar-refractivity contribution in [1.82, 2.24) is 5.01 Å². The molecule has 1 aromatic rings. The third kappa shape index (κ3) is 5.15. The highest BCUT2D eigenvalue weighted by atomic mass is 35.5. The fraction of sp³-hybridized carbons (Fsp3) is 0.182. The molecule has 0 aliphatic heterocycles. The predicted molar refractivity (Wildman–Crippen MR) is 70.9 cm³/mol. The van der Waals surface area contributed by atoms with Crippen LogP contribution in [0.25, 0.3) is 0 Å². The smallest absolute Gasteiger partial charge is 0.324 e. The zero-order chi connectivity index (χ0) is 14.4. The van der Waals surface area contributed by atoms with E-state index in [2.05, 4.69) is 5.10 Å². The summed E-state index contributed by atoms with van der Waals surface area (Å²) >= 11 is 11.7. The molecule has 0 fully saturated rings. The number of halogens is 2. The van der Waals surface area contributed by atoms with Crippen LogP contribution < -0.4 is 0 Å². The topological polar surface area (TPSA) is 90.2 Å². The van der Waals surface area contributed by atoms with E-state index in [1.54, 1.807) is 18.2 Å². The van der Waals surface area contributed by atoms with Crippen LogP contribution in [-0.4, -0.2) is 46.5 Å². The molecule has 0 amide bonds. The minimum Gasteiger partial charge on any atom is -0.480 e. The van der Waals surface area contributed by atoms with E-state index in [-0.39, 0.29) is 5.02 Å². The third-order valence-corrected chi connectivity index (χ3v) is 2.81. The molecular weight excluding hydrogens is 295 g/mol. The van der Waals surface area contributed by atoms with Gasteiger partial charge in [0.05, 0.1) is 16.3 Å². The largest absolute Gasteiger partial charge is 0.480 e. The molecule has 0 aliphatic rings. The van der Waals surface area contributed by atoms with Crippen LogP contribution in [-0.2, 0) is 9.59 Å². The Bertz CT molecular complexity index is 503. The van der Waals surface area contributed by atoms with Crippen LogP contribution in [0.5, 0.6) is 0 Å². The molecule has 0 radical (unpaired) electrons.